The average molecular weight is 315 g/mol. The van der Waals surface area contributed by atoms with E-state index in [4.69, 9.17) is 23.2 Å². The molecule has 1 aromatic carbocycles. The number of rotatable bonds is 6. The summed E-state index contributed by atoms with van der Waals surface area (Å²) in [5.74, 6) is 0.758. The third-order valence-corrected chi connectivity index (χ3v) is 4.46. The van der Waals surface area contributed by atoms with Crippen molar-refractivity contribution in [2.24, 2.45) is 5.92 Å². The predicted octanol–water partition coefficient (Wildman–Crippen LogP) is 4.21. The van der Waals surface area contributed by atoms with E-state index in [2.05, 4.69) is 17.1 Å². The molecule has 4 heteroatoms. The fourth-order valence-electron chi connectivity index (χ4n) is 2.90. The highest BCUT2D eigenvalue weighted by atomic mass is 35.5. The maximum atomic E-state index is 6.29. The summed E-state index contributed by atoms with van der Waals surface area (Å²) in [4.78, 5) is 2.51. The summed E-state index contributed by atoms with van der Waals surface area (Å²) in [5, 5.41) is 5.07. The van der Waals surface area contributed by atoms with Gasteiger partial charge >= 0.3 is 0 Å². The van der Waals surface area contributed by atoms with E-state index in [0.29, 0.717) is 0 Å². The Hall–Kier alpha value is -0.280. The van der Waals surface area contributed by atoms with Crippen LogP contribution in [0, 0.1) is 5.92 Å². The summed E-state index contributed by atoms with van der Waals surface area (Å²) in [5.41, 5.74) is 1.14. The van der Waals surface area contributed by atoms with Crippen molar-refractivity contribution < 1.29 is 0 Å². The summed E-state index contributed by atoms with van der Waals surface area (Å²) >= 11 is 12.4. The van der Waals surface area contributed by atoms with Gasteiger partial charge in [-0.1, -0.05) is 30.1 Å². The Morgan fingerprint density at radius 2 is 2.20 bits per heavy atom. The summed E-state index contributed by atoms with van der Waals surface area (Å²) in [6.45, 7) is 7.69. The summed E-state index contributed by atoms with van der Waals surface area (Å²) < 4.78 is 0. The van der Waals surface area contributed by atoms with Crippen LogP contribution in [-0.4, -0.2) is 31.1 Å². The summed E-state index contributed by atoms with van der Waals surface area (Å²) in [6.07, 6.45) is 3.79. The Bertz CT molecular complexity index is 417. The molecule has 0 amide bonds. The first-order chi connectivity index (χ1) is 9.69. The Kier molecular flexibility index (Phi) is 6.63. The molecule has 1 fully saturated rings. The van der Waals surface area contributed by atoms with Gasteiger partial charge in [-0.05, 0) is 68.6 Å². The van der Waals surface area contributed by atoms with E-state index in [1.165, 1.54) is 25.8 Å². The molecule has 0 saturated carbocycles. The van der Waals surface area contributed by atoms with Crippen LogP contribution in [0.2, 0.25) is 10.0 Å². The zero-order chi connectivity index (χ0) is 14.4. The second-order valence-corrected chi connectivity index (χ2v) is 6.53. The second-order valence-electron chi connectivity index (χ2n) is 5.68. The van der Waals surface area contributed by atoms with Crippen LogP contribution in [0.3, 0.4) is 0 Å². The average Bonchev–Trinajstić information content (AvgIpc) is 2.44. The number of hydrogen-bond acceptors (Lipinski definition) is 2. The largest absolute Gasteiger partial charge is 0.316 e. The van der Waals surface area contributed by atoms with Gasteiger partial charge in [0.1, 0.15) is 0 Å². The molecule has 0 bridgehead atoms. The number of nitrogens with zero attached hydrogens (tertiary/aromatic N) is 1. The zero-order valence-corrected chi connectivity index (χ0v) is 13.7. The number of benzene rings is 1. The van der Waals surface area contributed by atoms with Gasteiger partial charge in [0.15, 0.2) is 0 Å². The monoisotopic (exact) mass is 314 g/mol. The van der Waals surface area contributed by atoms with E-state index in [9.17, 15) is 0 Å². The maximum absolute atomic E-state index is 6.29. The molecule has 1 aromatic rings. The van der Waals surface area contributed by atoms with Crippen molar-refractivity contribution in [2.75, 3.05) is 26.2 Å². The van der Waals surface area contributed by atoms with Crippen LogP contribution < -0.4 is 5.32 Å². The molecule has 1 saturated heterocycles. The summed E-state index contributed by atoms with van der Waals surface area (Å²) in [7, 11) is 0. The molecule has 0 aromatic heterocycles. The molecular weight excluding hydrogens is 291 g/mol. The number of nitrogens with one attached hydrogen (secondary N) is 1. The minimum atomic E-state index is 0.758. The van der Waals surface area contributed by atoms with Crippen molar-refractivity contribution in [3.63, 3.8) is 0 Å². The lowest BCUT2D eigenvalue weighted by atomic mass is 9.98. The maximum Gasteiger partial charge on any atom is 0.0452 e. The van der Waals surface area contributed by atoms with Gasteiger partial charge in [0.2, 0.25) is 0 Å². The van der Waals surface area contributed by atoms with Gasteiger partial charge in [-0.25, -0.2) is 0 Å². The van der Waals surface area contributed by atoms with E-state index in [1.807, 2.05) is 18.2 Å². The zero-order valence-electron chi connectivity index (χ0n) is 12.2. The third-order valence-electron chi connectivity index (χ3n) is 3.86. The van der Waals surface area contributed by atoms with E-state index < -0.39 is 0 Å². The highest BCUT2D eigenvalue weighted by Gasteiger charge is 2.17. The van der Waals surface area contributed by atoms with Crippen LogP contribution in [0.15, 0.2) is 18.2 Å². The highest BCUT2D eigenvalue weighted by molar-refractivity contribution is 6.33. The van der Waals surface area contributed by atoms with Crippen molar-refractivity contribution in [1.29, 1.82) is 0 Å². The Labute approximate surface area is 132 Å². The van der Waals surface area contributed by atoms with Crippen LogP contribution in [-0.2, 0) is 6.54 Å². The van der Waals surface area contributed by atoms with Crippen LogP contribution in [0.25, 0.3) is 0 Å². The molecular formula is C16H24Cl2N2. The molecule has 1 atom stereocenters. The van der Waals surface area contributed by atoms with Gasteiger partial charge in [-0.3, -0.25) is 4.90 Å². The van der Waals surface area contributed by atoms with Crippen LogP contribution in [0.4, 0.5) is 0 Å². The Balaban J connectivity index is 1.98. The van der Waals surface area contributed by atoms with Crippen LogP contribution in [0.1, 0.15) is 31.7 Å². The molecule has 112 valence electrons. The molecule has 20 heavy (non-hydrogen) atoms. The smallest absolute Gasteiger partial charge is 0.0452 e. The van der Waals surface area contributed by atoms with E-state index >= 15 is 0 Å². The minimum Gasteiger partial charge on any atom is -0.316 e. The van der Waals surface area contributed by atoms with Gasteiger partial charge in [0.05, 0.1) is 0 Å². The standard InChI is InChI=1S/C16H24Cl2N2/c1-2-8-20(11-13-4-3-7-19-10-13)12-14-9-15(17)5-6-16(14)18/h5-6,9,13,19H,2-4,7-8,10-12H2,1H3. The van der Waals surface area contributed by atoms with E-state index in [1.54, 1.807) is 0 Å². The lowest BCUT2D eigenvalue weighted by molar-refractivity contribution is 0.201. The molecule has 2 nitrogen and oxygen atoms in total. The molecule has 2 rings (SSSR count). The lowest BCUT2D eigenvalue weighted by Crippen LogP contribution is -2.38. The minimum absolute atomic E-state index is 0.758. The SMILES string of the molecule is CCCN(Cc1cc(Cl)ccc1Cl)CC1CCCNC1. The molecule has 0 aliphatic carbocycles. The molecule has 1 heterocycles. The highest BCUT2D eigenvalue weighted by Crippen LogP contribution is 2.23. The first kappa shape index (κ1) is 16.1. The topological polar surface area (TPSA) is 15.3 Å². The number of piperidine rings is 1. The van der Waals surface area contributed by atoms with Crippen molar-refractivity contribution >= 4 is 23.2 Å². The van der Waals surface area contributed by atoms with Gasteiger partial charge < -0.3 is 5.32 Å². The number of hydrogen-bond donors (Lipinski definition) is 1. The van der Waals surface area contributed by atoms with E-state index in [0.717, 1.165) is 47.7 Å². The first-order valence-electron chi connectivity index (χ1n) is 7.56. The fraction of sp³-hybridized carbons (Fsp3) is 0.625. The lowest BCUT2D eigenvalue weighted by Gasteiger charge is -2.30. The molecule has 1 aliphatic rings. The van der Waals surface area contributed by atoms with Gasteiger partial charge in [0.25, 0.3) is 0 Å². The van der Waals surface area contributed by atoms with Gasteiger partial charge in [-0.2, -0.15) is 0 Å². The van der Waals surface area contributed by atoms with E-state index in [-0.39, 0.29) is 0 Å². The third kappa shape index (κ3) is 4.92. The summed E-state index contributed by atoms with van der Waals surface area (Å²) in [6, 6.07) is 5.74. The second kappa shape index (κ2) is 8.23. The van der Waals surface area contributed by atoms with Gasteiger partial charge in [-0.15, -0.1) is 0 Å². The molecule has 1 N–H and O–H groups in total. The quantitative estimate of drug-likeness (QED) is 0.846. The Morgan fingerprint density at radius 1 is 1.35 bits per heavy atom. The Morgan fingerprint density at radius 3 is 2.90 bits per heavy atom. The number of halogens is 2. The van der Waals surface area contributed by atoms with Crippen molar-refractivity contribution in [1.82, 2.24) is 10.2 Å². The first-order valence-corrected chi connectivity index (χ1v) is 8.31. The van der Waals surface area contributed by atoms with Crippen molar-refractivity contribution in [2.45, 2.75) is 32.7 Å². The predicted molar refractivity (Wildman–Crippen MR) is 87.6 cm³/mol. The van der Waals surface area contributed by atoms with Crippen LogP contribution in [0.5, 0.6) is 0 Å². The normalized spacial score (nSPS) is 19.5. The molecule has 0 radical (unpaired) electrons. The fourth-order valence-corrected chi connectivity index (χ4v) is 3.27. The van der Waals surface area contributed by atoms with Crippen molar-refractivity contribution in [3.8, 4) is 0 Å². The van der Waals surface area contributed by atoms with Gasteiger partial charge in [0, 0.05) is 23.1 Å². The van der Waals surface area contributed by atoms with Crippen molar-refractivity contribution in [3.05, 3.63) is 33.8 Å². The molecule has 1 aliphatic heterocycles. The van der Waals surface area contributed by atoms with Crippen LogP contribution >= 0.6 is 23.2 Å². The molecule has 1 unspecified atom stereocenters. The molecule has 0 spiro atoms.